The molecule has 0 fully saturated rings. The molecule has 1 heterocycles. The number of rotatable bonds is 5. The van der Waals surface area contributed by atoms with Gasteiger partial charge < -0.3 is 10.6 Å². The highest BCUT2D eigenvalue weighted by Crippen LogP contribution is 2.19. The predicted octanol–water partition coefficient (Wildman–Crippen LogP) is 3.11. The molecule has 1 aromatic heterocycles. The van der Waals surface area contributed by atoms with Crippen molar-refractivity contribution in [3.63, 3.8) is 0 Å². The number of urea groups is 1. The number of anilines is 1. The van der Waals surface area contributed by atoms with E-state index in [9.17, 15) is 9.00 Å². The highest BCUT2D eigenvalue weighted by atomic mass is 32.2. The van der Waals surface area contributed by atoms with E-state index in [0.717, 1.165) is 10.7 Å². The molecular formula is C15H19N3O2S2. The van der Waals surface area contributed by atoms with E-state index < -0.39 is 10.8 Å². The summed E-state index contributed by atoms with van der Waals surface area (Å²) in [4.78, 5) is 17.0. The third-order valence-electron chi connectivity index (χ3n) is 3.05. The van der Waals surface area contributed by atoms with Crippen molar-refractivity contribution in [3.05, 3.63) is 40.3 Å². The zero-order valence-electron chi connectivity index (χ0n) is 12.8. The molecule has 0 spiro atoms. The summed E-state index contributed by atoms with van der Waals surface area (Å²) in [5, 5.41) is 8.59. The van der Waals surface area contributed by atoms with Crippen LogP contribution in [0.25, 0.3) is 0 Å². The predicted molar refractivity (Wildman–Crippen MR) is 91.1 cm³/mol. The fourth-order valence-electron chi connectivity index (χ4n) is 1.86. The van der Waals surface area contributed by atoms with E-state index in [1.807, 2.05) is 19.2 Å². The molecule has 2 unspecified atom stereocenters. The number of thiazole rings is 1. The number of carbonyl (C=O) groups excluding carboxylic acids is 1. The summed E-state index contributed by atoms with van der Waals surface area (Å²) in [5.41, 5.74) is 1.63. The van der Waals surface area contributed by atoms with Crippen molar-refractivity contribution >= 4 is 33.9 Å². The molecule has 2 N–H and O–H groups in total. The standard InChI is InChI=1S/C15H19N3O2S2/c1-10(14-17-11(2)9-21-14)8-16-15(19)18-12-5-4-6-13(7-12)22(3)20/h4-7,9-10H,8H2,1-3H3,(H2,16,18,19). The third kappa shape index (κ3) is 4.64. The highest BCUT2D eigenvalue weighted by molar-refractivity contribution is 7.84. The van der Waals surface area contributed by atoms with Crippen LogP contribution in [0, 0.1) is 6.92 Å². The van der Waals surface area contributed by atoms with Gasteiger partial charge in [-0.1, -0.05) is 13.0 Å². The van der Waals surface area contributed by atoms with Gasteiger partial charge in [0.25, 0.3) is 0 Å². The summed E-state index contributed by atoms with van der Waals surface area (Å²) < 4.78 is 11.4. The molecular weight excluding hydrogens is 318 g/mol. The van der Waals surface area contributed by atoms with Crippen LogP contribution in [0.1, 0.15) is 23.5 Å². The lowest BCUT2D eigenvalue weighted by atomic mass is 10.2. The van der Waals surface area contributed by atoms with Gasteiger partial charge in [0, 0.05) is 51.2 Å². The van der Waals surface area contributed by atoms with Gasteiger partial charge in [-0.15, -0.1) is 11.3 Å². The Morgan fingerprint density at radius 3 is 2.86 bits per heavy atom. The van der Waals surface area contributed by atoms with Crippen molar-refractivity contribution in [2.24, 2.45) is 0 Å². The highest BCUT2D eigenvalue weighted by Gasteiger charge is 2.11. The summed E-state index contributed by atoms with van der Waals surface area (Å²) in [5.74, 6) is 0.166. The van der Waals surface area contributed by atoms with Crippen molar-refractivity contribution in [1.82, 2.24) is 10.3 Å². The van der Waals surface area contributed by atoms with Gasteiger partial charge in [-0.2, -0.15) is 0 Å². The quantitative estimate of drug-likeness (QED) is 0.880. The van der Waals surface area contributed by atoms with Crippen molar-refractivity contribution in [2.45, 2.75) is 24.7 Å². The second-order valence-corrected chi connectivity index (χ2v) is 7.31. The number of aromatic nitrogens is 1. The molecule has 7 heteroatoms. The average molecular weight is 337 g/mol. The Kier molecular flexibility index (Phi) is 5.68. The second kappa shape index (κ2) is 7.51. The monoisotopic (exact) mass is 337 g/mol. The first kappa shape index (κ1) is 16.6. The molecule has 2 amide bonds. The van der Waals surface area contributed by atoms with Crippen LogP contribution in [-0.4, -0.2) is 28.0 Å². The lowest BCUT2D eigenvalue weighted by Crippen LogP contribution is -2.31. The number of nitrogens with one attached hydrogen (secondary N) is 2. The number of carbonyl (C=O) groups is 1. The average Bonchev–Trinajstić information content (AvgIpc) is 2.91. The van der Waals surface area contributed by atoms with E-state index in [1.165, 1.54) is 0 Å². The minimum Gasteiger partial charge on any atom is -0.337 e. The van der Waals surface area contributed by atoms with Crippen molar-refractivity contribution in [1.29, 1.82) is 0 Å². The van der Waals surface area contributed by atoms with Crippen LogP contribution in [0.15, 0.2) is 34.5 Å². The molecule has 5 nitrogen and oxygen atoms in total. The molecule has 118 valence electrons. The molecule has 2 aromatic rings. The van der Waals surface area contributed by atoms with Gasteiger partial charge in [-0.3, -0.25) is 4.21 Å². The molecule has 22 heavy (non-hydrogen) atoms. The van der Waals surface area contributed by atoms with Crippen molar-refractivity contribution in [3.8, 4) is 0 Å². The van der Waals surface area contributed by atoms with Gasteiger partial charge in [-0.05, 0) is 25.1 Å². The summed E-state index contributed by atoms with van der Waals surface area (Å²) in [6, 6.07) is 6.74. The van der Waals surface area contributed by atoms with Crippen LogP contribution in [0.4, 0.5) is 10.5 Å². The number of aryl methyl sites for hydroxylation is 1. The molecule has 1 aromatic carbocycles. The summed E-state index contributed by atoms with van der Waals surface area (Å²) in [6.45, 7) is 4.50. The molecule has 2 rings (SSSR count). The zero-order valence-corrected chi connectivity index (χ0v) is 14.4. The summed E-state index contributed by atoms with van der Waals surface area (Å²) in [6.07, 6.45) is 1.61. The van der Waals surface area contributed by atoms with Crippen LogP contribution in [0.5, 0.6) is 0 Å². The molecule has 2 atom stereocenters. The molecule has 0 saturated carbocycles. The maximum Gasteiger partial charge on any atom is 0.319 e. The van der Waals surface area contributed by atoms with Crippen molar-refractivity contribution in [2.75, 3.05) is 18.1 Å². The van der Waals surface area contributed by atoms with Crippen LogP contribution >= 0.6 is 11.3 Å². The van der Waals surface area contributed by atoms with Crippen LogP contribution in [-0.2, 0) is 10.8 Å². The molecule has 0 bridgehead atoms. The van der Waals surface area contributed by atoms with Gasteiger partial charge in [0.2, 0.25) is 0 Å². The number of nitrogens with zero attached hydrogens (tertiary/aromatic N) is 1. The Bertz CT molecular complexity index is 685. The van der Waals surface area contributed by atoms with Crippen LogP contribution in [0.2, 0.25) is 0 Å². The van der Waals surface area contributed by atoms with Gasteiger partial charge >= 0.3 is 6.03 Å². The van der Waals surface area contributed by atoms with Crippen LogP contribution < -0.4 is 10.6 Å². The molecule has 0 saturated heterocycles. The first-order chi connectivity index (χ1) is 10.5. The summed E-state index contributed by atoms with van der Waals surface area (Å²) in [7, 11) is -1.07. The second-order valence-electron chi connectivity index (χ2n) is 5.05. The number of hydrogen-bond acceptors (Lipinski definition) is 4. The normalized spacial score (nSPS) is 13.4. The number of benzene rings is 1. The smallest absolute Gasteiger partial charge is 0.319 e. The fraction of sp³-hybridized carbons (Fsp3) is 0.333. The third-order valence-corrected chi connectivity index (χ3v) is 5.16. The molecule has 0 aliphatic rings. The first-order valence-electron chi connectivity index (χ1n) is 6.86. The first-order valence-corrected chi connectivity index (χ1v) is 9.30. The molecule has 0 aliphatic carbocycles. The van der Waals surface area contributed by atoms with E-state index in [0.29, 0.717) is 17.1 Å². The zero-order chi connectivity index (χ0) is 16.1. The topological polar surface area (TPSA) is 71.1 Å². The minimum absolute atomic E-state index is 0.166. The largest absolute Gasteiger partial charge is 0.337 e. The van der Waals surface area contributed by atoms with Crippen molar-refractivity contribution < 1.29 is 9.00 Å². The Hall–Kier alpha value is -1.73. The lowest BCUT2D eigenvalue weighted by Gasteiger charge is -2.11. The SMILES string of the molecule is Cc1csc(C(C)CNC(=O)Nc2cccc(S(C)=O)c2)n1. The van der Waals surface area contributed by atoms with Crippen LogP contribution in [0.3, 0.4) is 0 Å². The van der Waals surface area contributed by atoms with Gasteiger partial charge in [0.1, 0.15) is 0 Å². The molecule has 0 aliphatic heterocycles. The Morgan fingerprint density at radius 2 is 2.23 bits per heavy atom. The lowest BCUT2D eigenvalue weighted by molar-refractivity contribution is 0.251. The molecule has 0 radical (unpaired) electrons. The van der Waals surface area contributed by atoms with Gasteiger partial charge in [0.05, 0.1) is 5.01 Å². The minimum atomic E-state index is -1.07. The van der Waals surface area contributed by atoms with E-state index in [-0.39, 0.29) is 11.9 Å². The van der Waals surface area contributed by atoms with E-state index in [1.54, 1.807) is 41.9 Å². The summed E-state index contributed by atoms with van der Waals surface area (Å²) >= 11 is 1.60. The maximum absolute atomic E-state index is 11.9. The van der Waals surface area contributed by atoms with Gasteiger partial charge in [0.15, 0.2) is 0 Å². The van der Waals surface area contributed by atoms with E-state index >= 15 is 0 Å². The Labute approximate surface area is 136 Å². The van der Waals surface area contributed by atoms with Gasteiger partial charge in [-0.25, -0.2) is 9.78 Å². The van der Waals surface area contributed by atoms with E-state index in [2.05, 4.69) is 15.6 Å². The fourth-order valence-corrected chi connectivity index (χ4v) is 3.28. The Balaban J connectivity index is 1.88. The number of hydrogen-bond donors (Lipinski definition) is 2. The number of amides is 2. The van der Waals surface area contributed by atoms with E-state index in [4.69, 9.17) is 0 Å². The Morgan fingerprint density at radius 1 is 1.45 bits per heavy atom. The maximum atomic E-state index is 11.9.